The highest BCUT2D eigenvalue weighted by Crippen LogP contribution is 2.50. The van der Waals surface area contributed by atoms with E-state index in [1.165, 1.54) is 20.3 Å². The van der Waals surface area contributed by atoms with E-state index in [1.807, 2.05) is 0 Å². The molecule has 1 atom stereocenters. The van der Waals surface area contributed by atoms with Crippen molar-refractivity contribution in [1.82, 2.24) is 5.32 Å². The van der Waals surface area contributed by atoms with Crippen molar-refractivity contribution in [2.75, 3.05) is 27.4 Å². The molecule has 0 saturated heterocycles. The molecule has 5 nitrogen and oxygen atoms in total. The van der Waals surface area contributed by atoms with E-state index in [4.69, 9.17) is 37.8 Å². The highest BCUT2D eigenvalue weighted by Gasteiger charge is 2.65. The van der Waals surface area contributed by atoms with Gasteiger partial charge < -0.3 is 19.9 Å². The van der Waals surface area contributed by atoms with E-state index in [2.05, 4.69) is 11.9 Å². The number of ketones is 1. The number of hydrogen-bond acceptors (Lipinski definition) is 5. The van der Waals surface area contributed by atoms with Gasteiger partial charge in [-0.15, -0.1) is 18.2 Å². The first-order chi connectivity index (χ1) is 8.95. The lowest BCUT2D eigenvalue weighted by molar-refractivity contribution is -0.198. The van der Waals surface area contributed by atoms with E-state index in [0.717, 1.165) is 0 Å². The third-order valence-electron chi connectivity index (χ3n) is 3.04. The van der Waals surface area contributed by atoms with Crippen LogP contribution in [0.2, 0.25) is 0 Å². The van der Waals surface area contributed by atoms with Gasteiger partial charge in [0.05, 0.1) is 12.3 Å². The summed E-state index contributed by atoms with van der Waals surface area (Å²) in [6, 6.07) is 0. The molecule has 1 aliphatic rings. The smallest absolute Gasteiger partial charge is 0.238 e. The fraction of sp³-hybridized carbons (Fsp3) is 0.583. The zero-order valence-corrected chi connectivity index (χ0v) is 12.3. The van der Waals surface area contributed by atoms with E-state index >= 15 is 0 Å². The summed E-state index contributed by atoms with van der Waals surface area (Å²) >= 11 is 12.4. The SMILES string of the molecule is C=CCC1(Cl)C(=O)C(Cl)=C(NCCO)C1(OC)OC. The molecule has 0 aliphatic heterocycles. The van der Waals surface area contributed by atoms with Crippen LogP contribution in [-0.4, -0.2) is 48.9 Å². The maximum Gasteiger partial charge on any atom is 0.238 e. The molecule has 0 aromatic rings. The number of aliphatic hydroxyl groups is 1. The molecule has 0 radical (unpaired) electrons. The minimum Gasteiger partial charge on any atom is -0.395 e. The van der Waals surface area contributed by atoms with Gasteiger partial charge in [0, 0.05) is 20.8 Å². The number of rotatable bonds is 7. The van der Waals surface area contributed by atoms with Crippen LogP contribution in [0.5, 0.6) is 0 Å². The Morgan fingerprint density at radius 2 is 2.05 bits per heavy atom. The number of hydrogen-bond donors (Lipinski definition) is 2. The zero-order valence-electron chi connectivity index (χ0n) is 10.8. The van der Waals surface area contributed by atoms with Crippen molar-refractivity contribution >= 4 is 29.0 Å². The summed E-state index contributed by atoms with van der Waals surface area (Å²) in [5, 5.41) is 11.6. The maximum absolute atomic E-state index is 12.3. The summed E-state index contributed by atoms with van der Waals surface area (Å²) in [5.74, 6) is -2.04. The van der Waals surface area contributed by atoms with Gasteiger partial charge in [-0.1, -0.05) is 17.7 Å². The average molecular weight is 310 g/mol. The third-order valence-corrected chi connectivity index (χ3v) is 3.98. The quantitative estimate of drug-likeness (QED) is 0.419. The fourth-order valence-corrected chi connectivity index (χ4v) is 3.04. The monoisotopic (exact) mass is 309 g/mol. The molecule has 108 valence electrons. The second-order valence-electron chi connectivity index (χ2n) is 3.99. The summed E-state index contributed by atoms with van der Waals surface area (Å²) < 4.78 is 10.7. The number of aliphatic hydroxyl groups excluding tert-OH is 1. The van der Waals surface area contributed by atoms with Crippen molar-refractivity contribution < 1.29 is 19.4 Å². The summed E-state index contributed by atoms with van der Waals surface area (Å²) in [5.41, 5.74) is 0.218. The van der Waals surface area contributed by atoms with Gasteiger partial charge in [-0.3, -0.25) is 4.79 Å². The molecule has 0 aromatic heterocycles. The first kappa shape index (κ1) is 16.5. The molecule has 19 heavy (non-hydrogen) atoms. The molecule has 1 aliphatic carbocycles. The first-order valence-electron chi connectivity index (χ1n) is 5.65. The predicted octanol–water partition coefficient (Wildman–Crippen LogP) is 1.14. The van der Waals surface area contributed by atoms with Crippen molar-refractivity contribution in [2.45, 2.75) is 17.1 Å². The van der Waals surface area contributed by atoms with Gasteiger partial charge in [0.15, 0.2) is 4.87 Å². The van der Waals surface area contributed by atoms with Gasteiger partial charge >= 0.3 is 0 Å². The lowest BCUT2D eigenvalue weighted by atomic mass is 9.93. The second kappa shape index (κ2) is 6.24. The van der Waals surface area contributed by atoms with Gasteiger partial charge in [0.1, 0.15) is 5.03 Å². The summed E-state index contributed by atoms with van der Waals surface area (Å²) in [7, 11) is 2.74. The Morgan fingerprint density at radius 1 is 1.47 bits per heavy atom. The van der Waals surface area contributed by atoms with Crippen molar-refractivity contribution in [3.63, 3.8) is 0 Å². The number of ether oxygens (including phenoxy) is 2. The molecule has 2 N–H and O–H groups in total. The Hall–Kier alpha value is -0.590. The standard InChI is InChI=1S/C12H17Cl2NO4/c1-4-5-11(14)10(17)8(13)9(15-6-7-16)12(11,18-2)19-3/h4,15-16H,1,5-7H2,2-3H3. The van der Waals surface area contributed by atoms with Gasteiger partial charge in [-0.2, -0.15) is 0 Å². The number of Topliss-reactive ketones (excluding diaryl/α,β-unsaturated/α-hetero) is 1. The first-order valence-corrected chi connectivity index (χ1v) is 6.40. The van der Waals surface area contributed by atoms with Crippen LogP contribution in [0.4, 0.5) is 0 Å². The van der Waals surface area contributed by atoms with Crippen LogP contribution >= 0.6 is 23.2 Å². The minimum atomic E-state index is -1.54. The van der Waals surface area contributed by atoms with Gasteiger partial charge in [-0.05, 0) is 6.42 Å². The van der Waals surface area contributed by atoms with E-state index in [-0.39, 0.29) is 30.3 Å². The molecule has 1 unspecified atom stereocenters. The molecule has 0 amide bonds. The normalized spacial score (nSPS) is 25.8. The summed E-state index contributed by atoms with van der Waals surface area (Å²) in [6.45, 7) is 3.63. The third kappa shape index (κ3) is 2.30. The summed E-state index contributed by atoms with van der Waals surface area (Å²) in [6.07, 6.45) is 1.62. The topological polar surface area (TPSA) is 67.8 Å². The van der Waals surface area contributed by atoms with Gasteiger partial charge in [0.25, 0.3) is 0 Å². The Labute approximate surface area is 122 Å². The van der Waals surface area contributed by atoms with Crippen molar-refractivity contribution in [3.8, 4) is 0 Å². The predicted molar refractivity (Wildman–Crippen MR) is 73.1 cm³/mol. The number of halogens is 2. The largest absolute Gasteiger partial charge is 0.395 e. The van der Waals surface area contributed by atoms with Crippen LogP contribution in [-0.2, 0) is 14.3 Å². The number of carbonyl (C=O) groups is 1. The lowest BCUT2D eigenvalue weighted by Crippen LogP contribution is -2.56. The fourth-order valence-electron chi connectivity index (χ4n) is 2.19. The Bertz CT molecular complexity index is 407. The molecule has 0 fully saturated rings. The molecule has 0 saturated carbocycles. The molecular formula is C12H17Cl2NO4. The Balaban J connectivity index is 3.34. The van der Waals surface area contributed by atoms with Crippen molar-refractivity contribution in [3.05, 3.63) is 23.4 Å². The molecule has 0 bridgehead atoms. The average Bonchev–Trinajstić information content (AvgIpc) is 2.56. The number of alkyl halides is 1. The number of allylic oxidation sites excluding steroid dienone is 2. The summed E-state index contributed by atoms with van der Waals surface area (Å²) in [4.78, 5) is 10.8. The number of carbonyl (C=O) groups excluding carboxylic acids is 1. The van der Waals surface area contributed by atoms with E-state index in [1.54, 1.807) is 0 Å². The number of nitrogens with one attached hydrogen (secondary N) is 1. The van der Waals surface area contributed by atoms with E-state index in [9.17, 15) is 4.79 Å². The molecular weight excluding hydrogens is 293 g/mol. The lowest BCUT2D eigenvalue weighted by Gasteiger charge is -2.39. The molecule has 7 heteroatoms. The van der Waals surface area contributed by atoms with Crippen LogP contribution in [0.1, 0.15) is 6.42 Å². The highest BCUT2D eigenvalue weighted by atomic mass is 35.5. The van der Waals surface area contributed by atoms with Crippen molar-refractivity contribution in [1.29, 1.82) is 0 Å². The second-order valence-corrected chi connectivity index (χ2v) is 5.01. The van der Waals surface area contributed by atoms with E-state index < -0.39 is 16.4 Å². The van der Waals surface area contributed by atoms with Gasteiger partial charge in [0.2, 0.25) is 11.6 Å². The zero-order chi connectivity index (χ0) is 14.7. The van der Waals surface area contributed by atoms with Crippen LogP contribution in [0.3, 0.4) is 0 Å². The van der Waals surface area contributed by atoms with Crippen LogP contribution in [0, 0.1) is 0 Å². The molecule has 0 spiro atoms. The van der Waals surface area contributed by atoms with Gasteiger partial charge in [-0.25, -0.2) is 0 Å². The minimum absolute atomic E-state index is 0.0889. The van der Waals surface area contributed by atoms with Crippen LogP contribution in [0.15, 0.2) is 23.4 Å². The van der Waals surface area contributed by atoms with E-state index in [0.29, 0.717) is 0 Å². The Kier molecular flexibility index (Phi) is 5.41. The highest BCUT2D eigenvalue weighted by molar-refractivity contribution is 6.53. The van der Waals surface area contributed by atoms with Crippen molar-refractivity contribution in [2.24, 2.45) is 0 Å². The maximum atomic E-state index is 12.3. The van der Waals surface area contributed by atoms with Crippen LogP contribution < -0.4 is 5.32 Å². The van der Waals surface area contributed by atoms with Crippen LogP contribution in [0.25, 0.3) is 0 Å². The Morgan fingerprint density at radius 3 is 2.47 bits per heavy atom. The number of methoxy groups -OCH3 is 2. The molecule has 1 rings (SSSR count). The molecule has 0 aromatic carbocycles. The molecule has 0 heterocycles.